The van der Waals surface area contributed by atoms with E-state index in [-0.39, 0.29) is 16.2 Å². The van der Waals surface area contributed by atoms with Crippen LogP contribution in [0.5, 0.6) is 11.5 Å². The maximum Gasteiger partial charge on any atom is 0.337 e. The third-order valence-corrected chi connectivity index (χ3v) is 5.15. The molecule has 3 aromatic rings. The summed E-state index contributed by atoms with van der Waals surface area (Å²) in [5.41, 5.74) is 1.15. The first kappa shape index (κ1) is 18.7. The summed E-state index contributed by atoms with van der Waals surface area (Å²) in [5, 5.41) is 12.7. The van der Waals surface area contributed by atoms with Gasteiger partial charge in [0.1, 0.15) is 16.4 Å². The van der Waals surface area contributed by atoms with Crippen molar-refractivity contribution in [3.05, 3.63) is 65.0 Å². The lowest BCUT2D eigenvalue weighted by Gasteiger charge is -2.12. The van der Waals surface area contributed by atoms with E-state index >= 15 is 0 Å². The molecule has 7 nitrogen and oxygen atoms in total. The van der Waals surface area contributed by atoms with Gasteiger partial charge in [-0.3, -0.25) is 0 Å². The van der Waals surface area contributed by atoms with Crippen LogP contribution >= 0.6 is 0 Å². The molecule has 0 spiro atoms. The number of ether oxygens (including phenoxy) is 2. The van der Waals surface area contributed by atoms with Crippen molar-refractivity contribution in [2.24, 2.45) is 0 Å². The largest absolute Gasteiger partial charge is 0.618 e. The fourth-order valence-corrected chi connectivity index (χ4v) is 3.45. The Morgan fingerprint density at radius 1 is 1.07 bits per heavy atom. The molecule has 0 amide bonds. The highest BCUT2D eigenvalue weighted by Gasteiger charge is 2.19. The van der Waals surface area contributed by atoms with Crippen molar-refractivity contribution in [2.75, 3.05) is 13.4 Å². The van der Waals surface area contributed by atoms with Gasteiger partial charge < -0.3 is 14.7 Å². The van der Waals surface area contributed by atoms with Crippen LogP contribution in [0.4, 0.5) is 0 Å². The highest BCUT2D eigenvalue weighted by molar-refractivity contribution is 7.90. The minimum absolute atomic E-state index is 0.0756. The Balaban J connectivity index is 2.06. The summed E-state index contributed by atoms with van der Waals surface area (Å²) in [5.74, 6) is -0.207. The van der Waals surface area contributed by atoms with Gasteiger partial charge in [0, 0.05) is 25.3 Å². The fraction of sp³-hybridized carbons (Fsp3) is 0.158. The van der Waals surface area contributed by atoms with Crippen molar-refractivity contribution in [1.82, 2.24) is 0 Å². The molecular formula is C19H17NO6S. The van der Waals surface area contributed by atoms with Gasteiger partial charge in [0.25, 0.3) is 0 Å². The molecule has 0 bridgehead atoms. The van der Waals surface area contributed by atoms with Gasteiger partial charge in [-0.1, -0.05) is 0 Å². The zero-order valence-corrected chi connectivity index (χ0v) is 15.7. The van der Waals surface area contributed by atoms with Crippen LogP contribution < -0.4 is 9.47 Å². The van der Waals surface area contributed by atoms with Gasteiger partial charge >= 0.3 is 5.97 Å². The lowest BCUT2D eigenvalue weighted by atomic mass is 10.2. The molecule has 0 aliphatic heterocycles. The molecule has 0 saturated heterocycles. The quantitative estimate of drug-likeness (QED) is 0.388. The van der Waals surface area contributed by atoms with Crippen LogP contribution in [-0.4, -0.2) is 27.8 Å². The number of nitrogens with zero attached hydrogens (tertiary/aromatic N) is 1. The van der Waals surface area contributed by atoms with E-state index in [1.54, 1.807) is 37.3 Å². The first-order chi connectivity index (χ1) is 12.7. The molecule has 8 heteroatoms. The third kappa shape index (κ3) is 3.70. The topological polar surface area (TPSA) is 96.6 Å². The fourth-order valence-electron chi connectivity index (χ4n) is 2.64. The number of esters is 1. The number of pyridine rings is 1. The highest BCUT2D eigenvalue weighted by atomic mass is 32.2. The second-order valence-corrected chi connectivity index (χ2v) is 8.00. The van der Waals surface area contributed by atoms with Crippen LogP contribution in [0.1, 0.15) is 16.1 Å². The number of benzene rings is 2. The number of rotatable bonds is 4. The predicted octanol–water partition coefficient (Wildman–Crippen LogP) is 2.76. The smallest absolute Gasteiger partial charge is 0.337 e. The summed E-state index contributed by atoms with van der Waals surface area (Å²) >= 11 is 0. The molecule has 0 N–H and O–H groups in total. The van der Waals surface area contributed by atoms with Crippen molar-refractivity contribution < 1.29 is 27.4 Å². The monoisotopic (exact) mass is 387 g/mol. The number of sulfone groups is 1. The summed E-state index contributed by atoms with van der Waals surface area (Å²) in [6.45, 7) is 1.71. The van der Waals surface area contributed by atoms with Gasteiger partial charge in [-0.25, -0.2) is 13.2 Å². The normalized spacial score (nSPS) is 11.4. The van der Waals surface area contributed by atoms with Crippen molar-refractivity contribution in [3.63, 3.8) is 0 Å². The van der Waals surface area contributed by atoms with E-state index in [2.05, 4.69) is 4.74 Å². The molecule has 0 aliphatic carbocycles. The Bertz CT molecular complexity index is 1150. The van der Waals surface area contributed by atoms with Crippen LogP contribution in [0, 0.1) is 12.1 Å². The molecule has 0 unspecified atom stereocenters. The molecule has 1 heterocycles. The average molecular weight is 387 g/mol. The third-order valence-electron chi connectivity index (χ3n) is 4.03. The van der Waals surface area contributed by atoms with Gasteiger partial charge in [0.15, 0.2) is 15.5 Å². The van der Waals surface area contributed by atoms with Crippen LogP contribution in [-0.2, 0) is 14.6 Å². The Morgan fingerprint density at radius 2 is 1.81 bits per heavy atom. The van der Waals surface area contributed by atoms with Crippen LogP contribution in [0.25, 0.3) is 10.9 Å². The number of fused-ring (bicyclic) bond motifs is 1. The van der Waals surface area contributed by atoms with Gasteiger partial charge in [-0.2, -0.15) is 4.73 Å². The number of carbonyl (C=O) groups excluding carboxylic acids is 1. The maximum absolute atomic E-state index is 12.1. The molecule has 0 saturated carbocycles. The number of aryl methyl sites for hydroxylation is 1. The van der Waals surface area contributed by atoms with Crippen molar-refractivity contribution in [2.45, 2.75) is 11.8 Å². The SMILES string of the molecule is COC(=O)c1ccc(Oc2ccc3c(ccc(C)[n+]3[O-])c2)c(S(C)(=O)=O)c1. The summed E-state index contributed by atoms with van der Waals surface area (Å²) in [4.78, 5) is 11.5. The van der Waals surface area contributed by atoms with Gasteiger partial charge in [-0.05, 0) is 36.4 Å². The molecule has 1 aromatic heterocycles. The number of carbonyl (C=O) groups is 1. The number of hydrogen-bond acceptors (Lipinski definition) is 6. The van der Waals surface area contributed by atoms with E-state index in [1.165, 1.54) is 25.3 Å². The van der Waals surface area contributed by atoms with Crippen molar-refractivity contribution in [3.8, 4) is 11.5 Å². The molecule has 27 heavy (non-hydrogen) atoms. The number of methoxy groups -OCH3 is 1. The first-order valence-corrected chi connectivity index (χ1v) is 9.83. The van der Waals surface area contributed by atoms with Gasteiger partial charge in [-0.15, -0.1) is 0 Å². The van der Waals surface area contributed by atoms with E-state index in [0.717, 1.165) is 11.0 Å². The highest BCUT2D eigenvalue weighted by Crippen LogP contribution is 2.31. The van der Waals surface area contributed by atoms with E-state index < -0.39 is 15.8 Å². The second kappa shape index (κ2) is 6.88. The standard InChI is InChI=1S/C19H17NO6S/c1-12-4-5-13-10-15(7-8-16(13)20(12)22)26-17-9-6-14(19(21)25-2)11-18(17)27(3,23)24/h4-11H,1-3H3. The average Bonchev–Trinajstić information content (AvgIpc) is 2.63. The number of aromatic nitrogens is 1. The molecule has 0 atom stereocenters. The van der Waals surface area contributed by atoms with Gasteiger partial charge in [0.05, 0.1) is 18.1 Å². The zero-order chi connectivity index (χ0) is 19.8. The molecule has 0 aliphatic rings. The van der Waals surface area contributed by atoms with Crippen molar-refractivity contribution >= 4 is 26.7 Å². The minimum atomic E-state index is -3.66. The minimum Gasteiger partial charge on any atom is -0.618 e. The summed E-state index contributed by atoms with van der Waals surface area (Å²) in [6.07, 6.45) is 1.03. The lowest BCUT2D eigenvalue weighted by molar-refractivity contribution is -0.584. The maximum atomic E-state index is 12.1. The summed E-state index contributed by atoms with van der Waals surface area (Å²) in [6, 6.07) is 12.3. The van der Waals surface area contributed by atoms with Crippen LogP contribution in [0.15, 0.2) is 53.4 Å². The number of hydrogen-bond donors (Lipinski definition) is 0. The zero-order valence-electron chi connectivity index (χ0n) is 14.9. The molecule has 140 valence electrons. The predicted molar refractivity (Wildman–Crippen MR) is 98.6 cm³/mol. The molecule has 0 fully saturated rings. The molecular weight excluding hydrogens is 370 g/mol. The van der Waals surface area contributed by atoms with Crippen molar-refractivity contribution in [1.29, 1.82) is 0 Å². The lowest BCUT2D eigenvalue weighted by Crippen LogP contribution is -2.30. The molecule has 0 radical (unpaired) electrons. The first-order valence-electron chi connectivity index (χ1n) is 7.94. The Hall–Kier alpha value is -3.13. The van der Waals surface area contributed by atoms with Gasteiger partial charge in [0.2, 0.25) is 5.52 Å². The summed E-state index contributed by atoms with van der Waals surface area (Å²) < 4.78 is 35.4. The van der Waals surface area contributed by atoms with E-state index in [9.17, 15) is 18.4 Å². The van der Waals surface area contributed by atoms with E-state index in [1.807, 2.05) is 0 Å². The Kier molecular flexibility index (Phi) is 4.75. The Morgan fingerprint density at radius 3 is 2.48 bits per heavy atom. The van der Waals surface area contributed by atoms with Crippen LogP contribution in [0.3, 0.4) is 0 Å². The summed E-state index contributed by atoms with van der Waals surface area (Å²) in [7, 11) is -2.45. The molecule has 3 rings (SSSR count). The van der Waals surface area contributed by atoms with E-state index in [4.69, 9.17) is 4.74 Å². The Labute approximate surface area is 156 Å². The second-order valence-electron chi connectivity index (χ2n) is 6.02. The van der Waals surface area contributed by atoms with Crippen LogP contribution in [0.2, 0.25) is 0 Å². The molecule has 2 aromatic carbocycles. The van der Waals surface area contributed by atoms with E-state index in [0.29, 0.717) is 22.3 Å².